The number of hydrogen-bond donors (Lipinski definition) is 0. The Morgan fingerprint density at radius 1 is 1.35 bits per heavy atom. The van der Waals surface area contributed by atoms with Gasteiger partial charge in [-0.05, 0) is 36.6 Å². The van der Waals surface area contributed by atoms with E-state index in [9.17, 15) is 4.79 Å². The van der Waals surface area contributed by atoms with E-state index in [0.29, 0.717) is 0 Å². The minimum Gasteiger partial charge on any atom is -0.468 e. The van der Waals surface area contributed by atoms with E-state index in [0.717, 1.165) is 24.2 Å². The molecule has 2 rings (SSSR count). The topological polar surface area (TPSA) is 35.5 Å². The van der Waals surface area contributed by atoms with Gasteiger partial charge in [0, 0.05) is 13.0 Å². The molecule has 1 fully saturated rings. The SMILES string of the molecule is COCOc1ccc(/C=C/C(=O)C2CC2)cc1. The summed E-state index contributed by atoms with van der Waals surface area (Å²) in [5.41, 5.74) is 1.00. The molecular formula is C14H16O3. The van der Waals surface area contributed by atoms with Crippen LogP contribution in [0.25, 0.3) is 6.08 Å². The van der Waals surface area contributed by atoms with E-state index >= 15 is 0 Å². The summed E-state index contributed by atoms with van der Waals surface area (Å²) in [5.74, 6) is 1.29. The maximum atomic E-state index is 11.5. The van der Waals surface area contributed by atoms with E-state index in [4.69, 9.17) is 9.47 Å². The number of allylic oxidation sites excluding steroid dienone is 1. The lowest BCUT2D eigenvalue weighted by Crippen LogP contribution is -1.98. The second-order valence-electron chi connectivity index (χ2n) is 4.13. The second-order valence-corrected chi connectivity index (χ2v) is 4.13. The van der Waals surface area contributed by atoms with Gasteiger partial charge in [0.2, 0.25) is 0 Å². The predicted octanol–water partition coefficient (Wildman–Crippen LogP) is 2.66. The van der Waals surface area contributed by atoms with Crippen molar-refractivity contribution < 1.29 is 14.3 Å². The maximum Gasteiger partial charge on any atom is 0.188 e. The predicted molar refractivity (Wildman–Crippen MR) is 65.7 cm³/mol. The highest BCUT2D eigenvalue weighted by Gasteiger charge is 2.27. The fraction of sp³-hybridized carbons (Fsp3) is 0.357. The Labute approximate surface area is 101 Å². The minimum absolute atomic E-state index is 0.240. The van der Waals surface area contributed by atoms with Crippen LogP contribution in [0.1, 0.15) is 18.4 Å². The molecule has 0 heterocycles. The zero-order chi connectivity index (χ0) is 12.1. The highest BCUT2D eigenvalue weighted by Crippen LogP contribution is 2.30. The van der Waals surface area contributed by atoms with Gasteiger partial charge in [-0.1, -0.05) is 18.2 Å². The van der Waals surface area contributed by atoms with Crippen LogP contribution < -0.4 is 4.74 Å². The Morgan fingerprint density at radius 2 is 2.06 bits per heavy atom. The van der Waals surface area contributed by atoms with Crippen molar-refractivity contribution in [1.82, 2.24) is 0 Å². The monoisotopic (exact) mass is 232 g/mol. The van der Waals surface area contributed by atoms with Crippen LogP contribution in [0.5, 0.6) is 5.75 Å². The molecule has 1 aliphatic carbocycles. The van der Waals surface area contributed by atoms with Crippen molar-refractivity contribution in [2.75, 3.05) is 13.9 Å². The summed E-state index contributed by atoms with van der Waals surface area (Å²) in [4.78, 5) is 11.5. The Kier molecular flexibility index (Phi) is 3.94. The largest absolute Gasteiger partial charge is 0.468 e. The molecular weight excluding hydrogens is 216 g/mol. The van der Waals surface area contributed by atoms with Gasteiger partial charge in [0.05, 0.1) is 0 Å². The lowest BCUT2D eigenvalue weighted by Gasteiger charge is -2.03. The molecule has 1 aliphatic rings. The van der Waals surface area contributed by atoms with Crippen LogP contribution in [-0.4, -0.2) is 19.7 Å². The van der Waals surface area contributed by atoms with E-state index in [1.54, 1.807) is 13.2 Å². The molecule has 0 aliphatic heterocycles. The van der Waals surface area contributed by atoms with Crippen molar-refractivity contribution in [3.63, 3.8) is 0 Å². The lowest BCUT2D eigenvalue weighted by molar-refractivity contribution is -0.115. The summed E-state index contributed by atoms with van der Waals surface area (Å²) in [7, 11) is 1.58. The average Bonchev–Trinajstić information content (AvgIpc) is 3.19. The van der Waals surface area contributed by atoms with Gasteiger partial charge in [0.15, 0.2) is 12.6 Å². The minimum atomic E-state index is 0.240. The number of benzene rings is 1. The first-order chi connectivity index (χ1) is 8.29. The molecule has 17 heavy (non-hydrogen) atoms. The summed E-state index contributed by atoms with van der Waals surface area (Å²) in [6, 6.07) is 7.56. The smallest absolute Gasteiger partial charge is 0.188 e. The van der Waals surface area contributed by atoms with Gasteiger partial charge in [0.25, 0.3) is 0 Å². The van der Waals surface area contributed by atoms with Crippen LogP contribution in [0.2, 0.25) is 0 Å². The first-order valence-electron chi connectivity index (χ1n) is 5.73. The van der Waals surface area contributed by atoms with Crippen LogP contribution in [-0.2, 0) is 9.53 Å². The number of ether oxygens (including phenoxy) is 2. The molecule has 90 valence electrons. The zero-order valence-electron chi connectivity index (χ0n) is 9.89. The Hall–Kier alpha value is -1.61. The van der Waals surface area contributed by atoms with Gasteiger partial charge in [-0.2, -0.15) is 0 Å². The van der Waals surface area contributed by atoms with Crippen molar-refractivity contribution in [3.05, 3.63) is 35.9 Å². The van der Waals surface area contributed by atoms with Gasteiger partial charge >= 0.3 is 0 Å². The van der Waals surface area contributed by atoms with Crippen molar-refractivity contribution >= 4 is 11.9 Å². The maximum absolute atomic E-state index is 11.5. The molecule has 0 aromatic heterocycles. The van der Waals surface area contributed by atoms with Crippen LogP contribution in [0.4, 0.5) is 0 Å². The van der Waals surface area contributed by atoms with Gasteiger partial charge in [-0.25, -0.2) is 0 Å². The highest BCUT2D eigenvalue weighted by atomic mass is 16.7. The average molecular weight is 232 g/mol. The molecule has 1 aromatic rings. The summed E-state index contributed by atoms with van der Waals surface area (Å²) in [5, 5.41) is 0. The molecule has 0 atom stereocenters. The molecule has 0 unspecified atom stereocenters. The fourth-order valence-corrected chi connectivity index (χ4v) is 1.48. The summed E-state index contributed by atoms with van der Waals surface area (Å²) in [6.07, 6.45) is 5.61. The first kappa shape index (κ1) is 11.9. The fourth-order valence-electron chi connectivity index (χ4n) is 1.48. The van der Waals surface area contributed by atoms with Crippen LogP contribution in [0.3, 0.4) is 0 Å². The molecule has 0 saturated heterocycles. The summed E-state index contributed by atoms with van der Waals surface area (Å²) < 4.78 is 10.1. The van der Waals surface area contributed by atoms with Crippen molar-refractivity contribution in [3.8, 4) is 5.75 Å². The molecule has 3 heteroatoms. The Bertz CT molecular complexity index is 402. The number of carbonyl (C=O) groups is 1. The van der Waals surface area contributed by atoms with Gasteiger partial charge in [-0.15, -0.1) is 0 Å². The quantitative estimate of drug-likeness (QED) is 0.558. The van der Waals surface area contributed by atoms with E-state index in [1.807, 2.05) is 30.3 Å². The summed E-state index contributed by atoms with van der Waals surface area (Å²) >= 11 is 0. The zero-order valence-corrected chi connectivity index (χ0v) is 9.89. The Balaban J connectivity index is 1.90. The third-order valence-electron chi connectivity index (χ3n) is 2.64. The van der Waals surface area contributed by atoms with Crippen molar-refractivity contribution in [2.24, 2.45) is 5.92 Å². The van der Waals surface area contributed by atoms with E-state index in [1.165, 1.54) is 0 Å². The van der Waals surface area contributed by atoms with Crippen LogP contribution in [0, 0.1) is 5.92 Å². The number of hydrogen-bond acceptors (Lipinski definition) is 3. The van der Waals surface area contributed by atoms with Crippen LogP contribution in [0.15, 0.2) is 30.3 Å². The molecule has 1 saturated carbocycles. The molecule has 0 bridgehead atoms. The molecule has 0 N–H and O–H groups in total. The van der Waals surface area contributed by atoms with E-state index in [-0.39, 0.29) is 18.5 Å². The third kappa shape index (κ3) is 3.71. The van der Waals surface area contributed by atoms with Gasteiger partial charge in [0.1, 0.15) is 5.75 Å². The number of rotatable bonds is 6. The third-order valence-corrected chi connectivity index (χ3v) is 2.64. The molecule has 0 spiro atoms. The molecule has 0 radical (unpaired) electrons. The standard InChI is InChI=1S/C14H16O3/c1-16-10-17-13-7-2-11(3-8-13)4-9-14(15)12-5-6-12/h2-4,7-9,12H,5-6,10H2,1H3/b9-4+. The second kappa shape index (κ2) is 5.64. The number of carbonyl (C=O) groups excluding carboxylic acids is 1. The molecule has 1 aromatic carbocycles. The summed E-state index contributed by atoms with van der Waals surface area (Å²) in [6.45, 7) is 0.245. The van der Waals surface area contributed by atoms with Crippen molar-refractivity contribution in [1.29, 1.82) is 0 Å². The van der Waals surface area contributed by atoms with Gasteiger partial charge < -0.3 is 9.47 Å². The Morgan fingerprint density at radius 3 is 2.65 bits per heavy atom. The number of ketones is 1. The van der Waals surface area contributed by atoms with E-state index in [2.05, 4.69) is 0 Å². The van der Waals surface area contributed by atoms with Gasteiger partial charge in [-0.3, -0.25) is 4.79 Å². The van der Waals surface area contributed by atoms with E-state index < -0.39 is 0 Å². The normalized spacial score (nSPS) is 15.1. The first-order valence-corrected chi connectivity index (χ1v) is 5.73. The van der Waals surface area contributed by atoms with Crippen molar-refractivity contribution in [2.45, 2.75) is 12.8 Å². The lowest BCUT2D eigenvalue weighted by atomic mass is 10.1. The molecule has 3 nitrogen and oxygen atoms in total. The number of methoxy groups -OCH3 is 1. The molecule has 0 amide bonds. The highest BCUT2D eigenvalue weighted by molar-refractivity contribution is 5.96. The van der Waals surface area contributed by atoms with Crippen LogP contribution >= 0.6 is 0 Å².